The van der Waals surface area contributed by atoms with E-state index in [1.807, 2.05) is 37.3 Å². The molecule has 0 heterocycles. The fourth-order valence-electron chi connectivity index (χ4n) is 1.21. The third kappa shape index (κ3) is 2.67. The van der Waals surface area contributed by atoms with Crippen molar-refractivity contribution in [1.29, 1.82) is 0 Å². The molecule has 0 saturated heterocycles. The number of carbonyl (C=O) groups is 1. The average Bonchev–Trinajstić information content (AvgIpc) is 2.19. The van der Waals surface area contributed by atoms with Gasteiger partial charge in [-0.25, -0.2) is 0 Å². The second kappa shape index (κ2) is 4.19. The molecule has 0 saturated carbocycles. The number of aldehydes is 1. The molecule has 0 unspecified atom stereocenters. The molecule has 1 aromatic rings. The number of likely N-dealkylation sites (N-methyl/N-ethyl adjacent to an activating group) is 1. The van der Waals surface area contributed by atoms with Gasteiger partial charge in [-0.3, -0.25) is 0 Å². The van der Waals surface area contributed by atoms with Crippen LogP contribution < -0.4 is 5.32 Å². The summed E-state index contributed by atoms with van der Waals surface area (Å²) >= 11 is 0. The third-order valence-electron chi connectivity index (χ3n) is 2.25. The second-order valence-corrected chi connectivity index (χ2v) is 3.45. The zero-order valence-electron chi connectivity index (χ0n) is 8.08. The molecule has 0 bridgehead atoms. The highest BCUT2D eigenvalue weighted by atomic mass is 16.1. The van der Waals surface area contributed by atoms with Gasteiger partial charge in [0.15, 0.2) is 0 Å². The van der Waals surface area contributed by atoms with Crippen molar-refractivity contribution in [2.75, 3.05) is 7.05 Å². The van der Waals surface area contributed by atoms with Crippen LogP contribution in [-0.4, -0.2) is 18.9 Å². The van der Waals surface area contributed by atoms with Crippen molar-refractivity contribution in [2.45, 2.75) is 18.9 Å². The quantitative estimate of drug-likeness (QED) is 0.704. The summed E-state index contributed by atoms with van der Waals surface area (Å²) < 4.78 is 0. The molecule has 1 aromatic carbocycles. The Hall–Kier alpha value is -1.15. The van der Waals surface area contributed by atoms with E-state index in [9.17, 15) is 4.79 Å². The Morgan fingerprint density at radius 3 is 2.46 bits per heavy atom. The first kappa shape index (κ1) is 9.93. The summed E-state index contributed by atoms with van der Waals surface area (Å²) in [6, 6.07) is 9.99. The van der Waals surface area contributed by atoms with Crippen LogP contribution in [0.3, 0.4) is 0 Å². The molecule has 0 aromatic heterocycles. The van der Waals surface area contributed by atoms with Crippen molar-refractivity contribution in [1.82, 2.24) is 5.32 Å². The molecule has 13 heavy (non-hydrogen) atoms. The minimum absolute atomic E-state index is 0.443. The van der Waals surface area contributed by atoms with E-state index < -0.39 is 5.54 Å². The standard InChI is InChI=1S/C11H15NO/c1-11(9-13,12-2)8-10-6-4-3-5-7-10/h3-7,9,12H,8H2,1-2H3/t11-/m0/s1. The second-order valence-electron chi connectivity index (χ2n) is 3.45. The molecule has 1 N–H and O–H groups in total. The Balaban J connectivity index is 2.73. The van der Waals surface area contributed by atoms with Gasteiger partial charge in [-0.05, 0) is 26.0 Å². The number of carbonyl (C=O) groups excluding carboxylic acids is 1. The number of rotatable bonds is 4. The summed E-state index contributed by atoms with van der Waals surface area (Å²) in [5.74, 6) is 0. The van der Waals surface area contributed by atoms with E-state index in [0.29, 0.717) is 0 Å². The van der Waals surface area contributed by atoms with Crippen molar-refractivity contribution in [2.24, 2.45) is 0 Å². The first-order valence-electron chi connectivity index (χ1n) is 4.39. The van der Waals surface area contributed by atoms with E-state index in [1.54, 1.807) is 7.05 Å². The molecule has 0 aliphatic rings. The average molecular weight is 177 g/mol. The largest absolute Gasteiger partial charge is 0.308 e. The first-order valence-corrected chi connectivity index (χ1v) is 4.39. The summed E-state index contributed by atoms with van der Waals surface area (Å²) in [4.78, 5) is 10.8. The normalized spacial score (nSPS) is 14.9. The van der Waals surface area contributed by atoms with E-state index >= 15 is 0 Å². The number of hydrogen-bond acceptors (Lipinski definition) is 2. The molecule has 1 atom stereocenters. The molecule has 0 fully saturated rings. The predicted octanol–water partition coefficient (Wildman–Crippen LogP) is 1.41. The van der Waals surface area contributed by atoms with Crippen LogP contribution in [0, 0.1) is 0 Å². The van der Waals surface area contributed by atoms with Gasteiger partial charge >= 0.3 is 0 Å². The van der Waals surface area contributed by atoms with Crippen molar-refractivity contribution < 1.29 is 4.79 Å². The van der Waals surface area contributed by atoms with Gasteiger partial charge in [0.05, 0.1) is 5.54 Å². The van der Waals surface area contributed by atoms with Crippen LogP contribution in [0.5, 0.6) is 0 Å². The Labute approximate surface area is 79.0 Å². The Morgan fingerprint density at radius 1 is 1.38 bits per heavy atom. The molecular weight excluding hydrogens is 162 g/mol. The Kier molecular flexibility index (Phi) is 3.20. The van der Waals surface area contributed by atoms with Crippen LogP contribution in [0.15, 0.2) is 30.3 Å². The van der Waals surface area contributed by atoms with Gasteiger partial charge in [-0.15, -0.1) is 0 Å². The van der Waals surface area contributed by atoms with Crippen LogP contribution in [0.2, 0.25) is 0 Å². The van der Waals surface area contributed by atoms with Crippen LogP contribution in [-0.2, 0) is 11.2 Å². The lowest BCUT2D eigenvalue weighted by Crippen LogP contribution is -2.43. The maximum Gasteiger partial charge on any atom is 0.140 e. The van der Waals surface area contributed by atoms with Gasteiger partial charge < -0.3 is 10.1 Å². The molecule has 70 valence electrons. The van der Waals surface area contributed by atoms with Gasteiger partial charge in [-0.1, -0.05) is 30.3 Å². The highest BCUT2D eigenvalue weighted by molar-refractivity contribution is 5.64. The molecule has 0 aliphatic heterocycles. The van der Waals surface area contributed by atoms with Gasteiger partial charge in [0.1, 0.15) is 6.29 Å². The fraction of sp³-hybridized carbons (Fsp3) is 0.364. The Bertz CT molecular complexity index is 271. The summed E-state index contributed by atoms with van der Waals surface area (Å²) in [5.41, 5.74) is 0.730. The lowest BCUT2D eigenvalue weighted by molar-refractivity contribution is -0.112. The lowest BCUT2D eigenvalue weighted by Gasteiger charge is -2.22. The van der Waals surface area contributed by atoms with Crippen LogP contribution >= 0.6 is 0 Å². The molecular formula is C11H15NO. The lowest BCUT2D eigenvalue weighted by atomic mass is 9.95. The molecule has 0 spiro atoms. The van der Waals surface area contributed by atoms with E-state index in [0.717, 1.165) is 12.7 Å². The molecule has 0 amide bonds. The molecule has 1 rings (SSSR count). The minimum Gasteiger partial charge on any atom is -0.308 e. The summed E-state index contributed by atoms with van der Waals surface area (Å²) in [5, 5.41) is 3.01. The SMILES string of the molecule is CN[C@](C)(C=O)Cc1ccccc1. The van der Waals surface area contributed by atoms with Crippen LogP contribution in [0.4, 0.5) is 0 Å². The van der Waals surface area contributed by atoms with Crippen molar-refractivity contribution in [3.63, 3.8) is 0 Å². The van der Waals surface area contributed by atoms with Crippen LogP contribution in [0.25, 0.3) is 0 Å². The minimum atomic E-state index is -0.443. The molecule has 2 heteroatoms. The zero-order chi connectivity index (χ0) is 9.73. The van der Waals surface area contributed by atoms with Crippen molar-refractivity contribution >= 4 is 6.29 Å². The zero-order valence-corrected chi connectivity index (χ0v) is 8.08. The molecule has 2 nitrogen and oxygen atoms in total. The van der Waals surface area contributed by atoms with Gasteiger partial charge in [0.25, 0.3) is 0 Å². The number of nitrogens with one attached hydrogen (secondary N) is 1. The van der Waals surface area contributed by atoms with E-state index in [1.165, 1.54) is 5.56 Å². The van der Waals surface area contributed by atoms with E-state index in [-0.39, 0.29) is 0 Å². The molecule has 0 aliphatic carbocycles. The monoisotopic (exact) mass is 177 g/mol. The summed E-state index contributed by atoms with van der Waals surface area (Å²) in [7, 11) is 1.80. The van der Waals surface area contributed by atoms with Crippen molar-refractivity contribution in [3.8, 4) is 0 Å². The smallest absolute Gasteiger partial charge is 0.140 e. The van der Waals surface area contributed by atoms with Gasteiger partial charge in [-0.2, -0.15) is 0 Å². The summed E-state index contributed by atoms with van der Waals surface area (Å²) in [6.07, 6.45) is 1.69. The fourth-order valence-corrected chi connectivity index (χ4v) is 1.21. The molecule has 0 radical (unpaired) electrons. The van der Waals surface area contributed by atoms with Gasteiger partial charge in [0, 0.05) is 0 Å². The maximum absolute atomic E-state index is 10.8. The highest BCUT2D eigenvalue weighted by Crippen LogP contribution is 2.09. The predicted molar refractivity (Wildman–Crippen MR) is 53.7 cm³/mol. The topological polar surface area (TPSA) is 29.1 Å². The Morgan fingerprint density at radius 2 is 2.00 bits per heavy atom. The van der Waals surface area contributed by atoms with E-state index in [4.69, 9.17) is 0 Å². The van der Waals surface area contributed by atoms with Gasteiger partial charge in [0.2, 0.25) is 0 Å². The van der Waals surface area contributed by atoms with Crippen molar-refractivity contribution in [3.05, 3.63) is 35.9 Å². The third-order valence-corrected chi connectivity index (χ3v) is 2.25. The van der Waals surface area contributed by atoms with Crippen LogP contribution in [0.1, 0.15) is 12.5 Å². The maximum atomic E-state index is 10.8. The highest BCUT2D eigenvalue weighted by Gasteiger charge is 2.20. The van der Waals surface area contributed by atoms with E-state index in [2.05, 4.69) is 5.32 Å². The number of benzene rings is 1. The first-order chi connectivity index (χ1) is 6.20. The number of hydrogen-bond donors (Lipinski definition) is 1. The summed E-state index contributed by atoms with van der Waals surface area (Å²) in [6.45, 7) is 1.90.